The zero-order chi connectivity index (χ0) is 17.1. The van der Waals surface area contributed by atoms with Crippen molar-refractivity contribution in [2.24, 2.45) is 0 Å². The molecule has 0 aliphatic heterocycles. The van der Waals surface area contributed by atoms with Crippen LogP contribution in [0.3, 0.4) is 0 Å². The van der Waals surface area contributed by atoms with Crippen LogP contribution in [-0.4, -0.2) is 16.8 Å². The first-order valence-electron chi connectivity index (χ1n) is 8.11. The van der Waals surface area contributed by atoms with Crippen molar-refractivity contribution >= 4 is 47.2 Å². The van der Waals surface area contributed by atoms with Crippen LogP contribution in [0.4, 0.5) is 5.69 Å². The molecule has 0 unspecified atom stereocenters. The Bertz CT molecular complexity index is 747. The number of halogens is 3. The topological polar surface area (TPSA) is 46.3 Å². The molecule has 0 aromatic heterocycles. The number of anilines is 1. The molecule has 3 nitrogen and oxygen atoms in total. The lowest BCUT2D eigenvalue weighted by Crippen LogP contribution is -2.32. The summed E-state index contributed by atoms with van der Waals surface area (Å²) in [7, 11) is 0. The first kappa shape index (κ1) is 19.9. The number of nitrogens with zero attached hydrogens (tertiary/aromatic N) is 1. The molecule has 0 heterocycles. The van der Waals surface area contributed by atoms with E-state index in [0.717, 1.165) is 29.7 Å². The molecule has 25 heavy (non-hydrogen) atoms. The number of hydrogen-bond donors (Lipinski definition) is 1. The van der Waals surface area contributed by atoms with Crippen LogP contribution in [0, 0.1) is 0 Å². The molecule has 2 aromatic carbocycles. The third-order valence-corrected chi connectivity index (χ3v) is 5.05. The number of nitrogens with two attached hydrogens (primary N) is 1. The number of nitrogen functional groups attached to an aromatic ring is 1. The molecule has 2 aromatic rings. The number of rotatable bonds is 6. The van der Waals surface area contributed by atoms with Crippen molar-refractivity contribution in [1.29, 1.82) is 0 Å². The molecule has 1 fully saturated rings. The number of aryl methyl sites for hydroxylation is 1. The van der Waals surface area contributed by atoms with Crippen molar-refractivity contribution < 1.29 is 4.79 Å². The van der Waals surface area contributed by atoms with Crippen LogP contribution in [0.15, 0.2) is 42.5 Å². The van der Waals surface area contributed by atoms with E-state index in [1.807, 2.05) is 41.3 Å². The second-order valence-corrected chi connectivity index (χ2v) is 7.01. The fourth-order valence-electron chi connectivity index (χ4n) is 2.79. The number of hydrogen-bond acceptors (Lipinski definition) is 2. The fraction of sp³-hybridized carbons (Fsp3) is 0.316. The molecule has 134 valence electrons. The molecule has 0 saturated heterocycles. The maximum Gasteiger partial charge on any atom is 0.223 e. The zero-order valence-corrected chi connectivity index (χ0v) is 16.1. The maximum atomic E-state index is 12.7. The quantitative estimate of drug-likeness (QED) is 0.685. The molecule has 0 radical (unpaired) electrons. The lowest BCUT2D eigenvalue weighted by Gasteiger charge is -2.23. The van der Waals surface area contributed by atoms with Crippen molar-refractivity contribution in [2.75, 3.05) is 5.73 Å². The smallest absolute Gasteiger partial charge is 0.223 e. The van der Waals surface area contributed by atoms with E-state index in [-0.39, 0.29) is 18.3 Å². The Morgan fingerprint density at radius 3 is 2.48 bits per heavy atom. The van der Waals surface area contributed by atoms with Crippen LogP contribution in [-0.2, 0) is 17.8 Å². The summed E-state index contributed by atoms with van der Waals surface area (Å²) < 4.78 is 0. The van der Waals surface area contributed by atoms with Crippen molar-refractivity contribution in [3.8, 4) is 0 Å². The van der Waals surface area contributed by atoms with E-state index < -0.39 is 0 Å². The van der Waals surface area contributed by atoms with E-state index in [2.05, 4.69) is 0 Å². The highest BCUT2D eigenvalue weighted by Crippen LogP contribution is 2.31. The Hall–Kier alpha value is -1.42. The molecule has 1 saturated carbocycles. The minimum absolute atomic E-state index is 0. The van der Waals surface area contributed by atoms with Crippen molar-refractivity contribution in [2.45, 2.75) is 38.3 Å². The number of carbonyl (C=O) groups excluding carboxylic acids is 1. The number of benzene rings is 2. The van der Waals surface area contributed by atoms with Gasteiger partial charge >= 0.3 is 0 Å². The summed E-state index contributed by atoms with van der Waals surface area (Å²) in [4.78, 5) is 14.6. The summed E-state index contributed by atoms with van der Waals surface area (Å²) in [6, 6.07) is 13.6. The van der Waals surface area contributed by atoms with Crippen LogP contribution in [0.2, 0.25) is 10.0 Å². The van der Waals surface area contributed by atoms with Gasteiger partial charge in [0.15, 0.2) is 0 Å². The highest BCUT2D eigenvalue weighted by Gasteiger charge is 2.32. The van der Waals surface area contributed by atoms with Crippen LogP contribution >= 0.6 is 35.6 Å². The van der Waals surface area contributed by atoms with Crippen molar-refractivity contribution in [3.63, 3.8) is 0 Å². The molecule has 6 heteroatoms. The first-order valence-corrected chi connectivity index (χ1v) is 8.87. The molecule has 1 amide bonds. The molecule has 1 aliphatic rings. The van der Waals surface area contributed by atoms with Gasteiger partial charge in [0.1, 0.15) is 0 Å². The Kier molecular flexibility index (Phi) is 7.00. The van der Waals surface area contributed by atoms with Crippen molar-refractivity contribution in [3.05, 3.63) is 63.6 Å². The van der Waals surface area contributed by atoms with Gasteiger partial charge in [-0.15, -0.1) is 12.4 Å². The molecule has 3 rings (SSSR count). The minimum atomic E-state index is 0. The number of para-hydroxylation sites is 1. The van der Waals surface area contributed by atoms with E-state index in [9.17, 15) is 4.79 Å². The standard InChI is InChI=1S/C19H20Cl2N2O.ClH/c20-16-9-5-13(11-17(16)21)12-23(15-7-8-15)19(24)10-6-14-3-1-2-4-18(14)22;/h1-5,9,11,15H,6-8,10,12,22H2;1H. The average Bonchev–Trinajstić information content (AvgIpc) is 3.39. The SMILES string of the molecule is Cl.Nc1ccccc1CCC(=O)N(Cc1ccc(Cl)c(Cl)c1)C1CC1. The van der Waals surface area contributed by atoms with E-state index in [0.29, 0.717) is 35.5 Å². The van der Waals surface area contributed by atoms with Gasteiger partial charge in [-0.2, -0.15) is 0 Å². The van der Waals surface area contributed by atoms with Gasteiger partial charge in [0.05, 0.1) is 10.0 Å². The van der Waals surface area contributed by atoms with Crippen LogP contribution in [0.25, 0.3) is 0 Å². The Labute approximate surface area is 164 Å². The minimum Gasteiger partial charge on any atom is -0.399 e. The monoisotopic (exact) mass is 398 g/mol. The van der Waals surface area contributed by atoms with Crippen LogP contribution < -0.4 is 5.73 Å². The number of carbonyl (C=O) groups is 1. The van der Waals surface area contributed by atoms with E-state index in [1.165, 1.54) is 0 Å². The largest absolute Gasteiger partial charge is 0.399 e. The summed E-state index contributed by atoms with van der Waals surface area (Å²) in [5.41, 5.74) is 8.73. The lowest BCUT2D eigenvalue weighted by atomic mass is 10.1. The van der Waals surface area contributed by atoms with Gasteiger partial charge in [0, 0.05) is 24.7 Å². The summed E-state index contributed by atoms with van der Waals surface area (Å²) in [5.74, 6) is 0.159. The second-order valence-electron chi connectivity index (χ2n) is 6.20. The fourth-order valence-corrected chi connectivity index (χ4v) is 3.11. The highest BCUT2D eigenvalue weighted by molar-refractivity contribution is 6.42. The average molecular weight is 400 g/mol. The van der Waals surface area contributed by atoms with E-state index in [1.54, 1.807) is 6.07 Å². The predicted molar refractivity (Wildman–Crippen MR) is 106 cm³/mol. The van der Waals surface area contributed by atoms with E-state index in [4.69, 9.17) is 28.9 Å². The molecular weight excluding hydrogens is 379 g/mol. The van der Waals surface area contributed by atoms with Gasteiger partial charge in [-0.3, -0.25) is 4.79 Å². The molecule has 1 aliphatic carbocycles. The van der Waals surface area contributed by atoms with Gasteiger partial charge < -0.3 is 10.6 Å². The third kappa shape index (κ3) is 5.27. The Morgan fingerprint density at radius 1 is 1.12 bits per heavy atom. The molecule has 0 spiro atoms. The van der Waals surface area contributed by atoms with Gasteiger partial charge in [0.25, 0.3) is 0 Å². The molecule has 0 atom stereocenters. The normalized spacial score (nSPS) is 13.2. The second kappa shape index (κ2) is 8.79. The van der Waals surface area contributed by atoms with Gasteiger partial charge in [0.2, 0.25) is 5.91 Å². The predicted octanol–water partition coefficient (Wildman–Crippen LogP) is 5.12. The summed E-state index contributed by atoms with van der Waals surface area (Å²) in [6.45, 7) is 0.574. The molecule has 2 N–H and O–H groups in total. The summed E-state index contributed by atoms with van der Waals surface area (Å²) in [6.07, 6.45) is 3.27. The first-order chi connectivity index (χ1) is 11.5. The zero-order valence-electron chi connectivity index (χ0n) is 13.8. The number of amides is 1. The maximum absolute atomic E-state index is 12.7. The van der Waals surface area contributed by atoms with E-state index >= 15 is 0 Å². The van der Waals surface area contributed by atoms with Gasteiger partial charge in [-0.05, 0) is 48.6 Å². The van der Waals surface area contributed by atoms with Gasteiger partial charge in [-0.1, -0.05) is 47.5 Å². The molecular formula is C19H21Cl3N2O. The lowest BCUT2D eigenvalue weighted by molar-refractivity contribution is -0.132. The van der Waals surface area contributed by atoms with Crippen LogP contribution in [0.1, 0.15) is 30.4 Å². The van der Waals surface area contributed by atoms with Crippen molar-refractivity contribution in [1.82, 2.24) is 4.90 Å². The third-order valence-electron chi connectivity index (χ3n) is 4.31. The Morgan fingerprint density at radius 2 is 1.84 bits per heavy atom. The Balaban J connectivity index is 0.00000225. The summed E-state index contributed by atoms with van der Waals surface area (Å²) >= 11 is 12.0. The summed E-state index contributed by atoms with van der Waals surface area (Å²) in [5, 5.41) is 1.05. The van der Waals surface area contributed by atoms with Gasteiger partial charge in [-0.25, -0.2) is 0 Å². The molecule has 0 bridgehead atoms. The van der Waals surface area contributed by atoms with Crippen LogP contribution in [0.5, 0.6) is 0 Å². The highest BCUT2D eigenvalue weighted by atomic mass is 35.5.